The van der Waals surface area contributed by atoms with Crippen LogP contribution >= 0.6 is 0 Å². The average Bonchev–Trinajstić information content (AvgIpc) is 2.99. The standard InChI is InChI=1S/C21H27N5O3/c1-2-24-10-12-25(13-11-24)21(29)19(27)22-15-7-8-17-16(14-15)20(28)26-9-5-3-4-6-18(26)23-17/h7-8,14H,2-6,9-13H2,1H3,(H,22,27). The quantitative estimate of drug-likeness (QED) is 0.770. The van der Waals surface area contributed by atoms with E-state index in [0.29, 0.717) is 36.2 Å². The minimum atomic E-state index is -0.669. The van der Waals surface area contributed by atoms with Gasteiger partial charge in [-0.3, -0.25) is 19.0 Å². The van der Waals surface area contributed by atoms with Gasteiger partial charge in [0.25, 0.3) is 5.56 Å². The van der Waals surface area contributed by atoms with E-state index in [-0.39, 0.29) is 5.56 Å². The molecule has 1 fully saturated rings. The van der Waals surface area contributed by atoms with Gasteiger partial charge in [-0.25, -0.2) is 4.98 Å². The Hall–Kier alpha value is -2.74. The largest absolute Gasteiger partial charge is 0.332 e. The number of nitrogens with zero attached hydrogens (tertiary/aromatic N) is 4. The Bertz CT molecular complexity index is 992. The monoisotopic (exact) mass is 397 g/mol. The Morgan fingerprint density at radius 2 is 1.86 bits per heavy atom. The van der Waals surface area contributed by atoms with Crippen molar-refractivity contribution in [1.29, 1.82) is 0 Å². The van der Waals surface area contributed by atoms with Gasteiger partial charge < -0.3 is 15.1 Å². The lowest BCUT2D eigenvalue weighted by Gasteiger charge is -2.33. The van der Waals surface area contributed by atoms with Crippen LogP contribution in [0.1, 0.15) is 32.0 Å². The van der Waals surface area contributed by atoms with Crippen molar-refractivity contribution < 1.29 is 9.59 Å². The molecule has 154 valence electrons. The molecule has 0 aliphatic carbocycles. The van der Waals surface area contributed by atoms with Crippen LogP contribution in [0, 0.1) is 0 Å². The van der Waals surface area contributed by atoms with Gasteiger partial charge in [0, 0.05) is 44.8 Å². The number of hydrogen-bond donors (Lipinski definition) is 1. The van der Waals surface area contributed by atoms with E-state index in [1.54, 1.807) is 27.7 Å². The number of nitrogens with one attached hydrogen (secondary N) is 1. The van der Waals surface area contributed by atoms with Crippen molar-refractivity contribution in [2.24, 2.45) is 0 Å². The third kappa shape index (κ3) is 4.03. The number of carbonyl (C=O) groups excluding carboxylic acids is 2. The van der Waals surface area contributed by atoms with Crippen LogP contribution in [0.5, 0.6) is 0 Å². The van der Waals surface area contributed by atoms with Crippen LogP contribution in [0.15, 0.2) is 23.0 Å². The summed E-state index contributed by atoms with van der Waals surface area (Å²) >= 11 is 0. The number of benzene rings is 1. The molecule has 4 rings (SSSR count). The highest BCUT2D eigenvalue weighted by atomic mass is 16.2. The zero-order valence-electron chi connectivity index (χ0n) is 16.8. The number of likely N-dealkylation sites (N-methyl/N-ethyl adjacent to an activating group) is 1. The van der Waals surface area contributed by atoms with E-state index in [0.717, 1.165) is 51.1 Å². The molecule has 1 N–H and O–H groups in total. The Labute approximate surface area is 169 Å². The molecule has 8 nitrogen and oxygen atoms in total. The van der Waals surface area contributed by atoms with Crippen molar-refractivity contribution in [1.82, 2.24) is 19.4 Å². The van der Waals surface area contributed by atoms with Crippen LogP contribution in [0.3, 0.4) is 0 Å². The van der Waals surface area contributed by atoms with Crippen LogP contribution in [-0.2, 0) is 22.6 Å². The lowest BCUT2D eigenvalue weighted by molar-refractivity contribution is -0.144. The fourth-order valence-electron chi connectivity index (χ4n) is 4.09. The number of fused-ring (bicyclic) bond motifs is 2. The molecule has 0 unspecified atom stereocenters. The molecule has 29 heavy (non-hydrogen) atoms. The number of carbonyl (C=O) groups is 2. The highest BCUT2D eigenvalue weighted by molar-refractivity contribution is 6.39. The molecule has 0 saturated carbocycles. The summed E-state index contributed by atoms with van der Waals surface area (Å²) in [5.74, 6) is -0.368. The molecule has 2 aliphatic rings. The minimum absolute atomic E-state index is 0.0787. The smallest absolute Gasteiger partial charge is 0.313 e. The van der Waals surface area contributed by atoms with E-state index >= 15 is 0 Å². The second-order valence-corrected chi connectivity index (χ2v) is 7.71. The molecule has 8 heteroatoms. The zero-order chi connectivity index (χ0) is 20.4. The third-order valence-corrected chi connectivity index (χ3v) is 5.87. The van der Waals surface area contributed by atoms with Crippen molar-refractivity contribution in [3.05, 3.63) is 34.4 Å². The van der Waals surface area contributed by atoms with E-state index in [1.165, 1.54) is 0 Å². The molecular weight excluding hydrogens is 370 g/mol. The summed E-state index contributed by atoms with van der Waals surface area (Å²) in [5.41, 5.74) is 0.990. The molecule has 0 bridgehead atoms. The number of anilines is 1. The van der Waals surface area contributed by atoms with Gasteiger partial charge in [-0.05, 0) is 37.6 Å². The molecule has 1 aromatic carbocycles. The molecule has 3 heterocycles. The molecule has 0 spiro atoms. The summed E-state index contributed by atoms with van der Waals surface area (Å²) in [5, 5.41) is 3.13. The normalized spacial score (nSPS) is 17.6. The predicted octanol–water partition coefficient (Wildman–Crippen LogP) is 1.23. The molecule has 2 aromatic rings. The second-order valence-electron chi connectivity index (χ2n) is 7.71. The summed E-state index contributed by atoms with van der Waals surface area (Å²) in [6.45, 7) is 6.36. The Morgan fingerprint density at radius 3 is 2.62 bits per heavy atom. The first-order valence-electron chi connectivity index (χ1n) is 10.4. The Morgan fingerprint density at radius 1 is 1.07 bits per heavy atom. The second kappa shape index (κ2) is 8.32. The van der Waals surface area contributed by atoms with E-state index < -0.39 is 11.8 Å². The van der Waals surface area contributed by atoms with Crippen LogP contribution in [0.25, 0.3) is 10.9 Å². The molecular formula is C21H27N5O3. The SMILES string of the molecule is CCN1CCN(C(=O)C(=O)Nc2ccc3nc4n(c(=O)c3c2)CCCCC4)CC1. The van der Waals surface area contributed by atoms with Gasteiger partial charge in [0.05, 0.1) is 10.9 Å². The highest BCUT2D eigenvalue weighted by Crippen LogP contribution is 2.18. The first-order chi connectivity index (χ1) is 14.1. The molecule has 2 amide bonds. The highest BCUT2D eigenvalue weighted by Gasteiger charge is 2.25. The predicted molar refractivity (Wildman–Crippen MR) is 111 cm³/mol. The van der Waals surface area contributed by atoms with Crippen molar-refractivity contribution in [2.75, 3.05) is 38.0 Å². The average molecular weight is 397 g/mol. The first-order valence-corrected chi connectivity index (χ1v) is 10.4. The Kier molecular flexibility index (Phi) is 5.62. The van der Waals surface area contributed by atoms with Crippen molar-refractivity contribution in [3.63, 3.8) is 0 Å². The number of piperazine rings is 1. The van der Waals surface area contributed by atoms with Gasteiger partial charge in [0.1, 0.15) is 5.82 Å². The fraction of sp³-hybridized carbons (Fsp3) is 0.524. The van der Waals surface area contributed by atoms with Crippen LogP contribution < -0.4 is 10.9 Å². The maximum atomic E-state index is 12.9. The summed E-state index contributed by atoms with van der Waals surface area (Å²) in [6, 6.07) is 5.06. The number of hydrogen-bond acceptors (Lipinski definition) is 5. The summed E-state index contributed by atoms with van der Waals surface area (Å²) in [6.07, 6.45) is 3.91. The van der Waals surface area contributed by atoms with E-state index in [1.807, 2.05) is 0 Å². The molecule has 2 aliphatic heterocycles. The van der Waals surface area contributed by atoms with E-state index in [4.69, 9.17) is 0 Å². The zero-order valence-corrected chi connectivity index (χ0v) is 16.8. The van der Waals surface area contributed by atoms with Crippen molar-refractivity contribution in [3.8, 4) is 0 Å². The Balaban J connectivity index is 1.52. The van der Waals surface area contributed by atoms with E-state index in [2.05, 4.69) is 22.1 Å². The maximum Gasteiger partial charge on any atom is 0.313 e. The topological polar surface area (TPSA) is 87.5 Å². The molecule has 1 saturated heterocycles. The van der Waals surface area contributed by atoms with Crippen LogP contribution in [0.2, 0.25) is 0 Å². The van der Waals surface area contributed by atoms with Gasteiger partial charge in [-0.1, -0.05) is 13.3 Å². The molecule has 0 radical (unpaired) electrons. The lowest BCUT2D eigenvalue weighted by Crippen LogP contribution is -2.51. The van der Waals surface area contributed by atoms with Crippen molar-refractivity contribution >= 4 is 28.4 Å². The third-order valence-electron chi connectivity index (χ3n) is 5.87. The number of aryl methyl sites for hydroxylation is 1. The fourth-order valence-corrected chi connectivity index (χ4v) is 4.09. The van der Waals surface area contributed by atoms with Crippen LogP contribution in [0.4, 0.5) is 5.69 Å². The van der Waals surface area contributed by atoms with Gasteiger partial charge in [0.15, 0.2) is 0 Å². The molecule has 1 aromatic heterocycles. The number of rotatable bonds is 2. The molecule has 0 atom stereocenters. The number of amides is 2. The van der Waals surface area contributed by atoms with Gasteiger partial charge >= 0.3 is 11.8 Å². The summed E-state index contributed by atoms with van der Waals surface area (Å²) < 4.78 is 1.75. The van der Waals surface area contributed by atoms with Crippen molar-refractivity contribution in [2.45, 2.75) is 39.2 Å². The van der Waals surface area contributed by atoms with Gasteiger partial charge in [-0.2, -0.15) is 0 Å². The summed E-state index contributed by atoms with van der Waals surface area (Å²) in [4.78, 5) is 46.3. The lowest BCUT2D eigenvalue weighted by atomic mass is 10.2. The minimum Gasteiger partial charge on any atom is -0.332 e. The van der Waals surface area contributed by atoms with E-state index in [9.17, 15) is 14.4 Å². The maximum absolute atomic E-state index is 12.9. The first kappa shape index (κ1) is 19.6. The summed E-state index contributed by atoms with van der Waals surface area (Å²) in [7, 11) is 0. The van der Waals surface area contributed by atoms with Gasteiger partial charge in [0.2, 0.25) is 0 Å². The van der Waals surface area contributed by atoms with Gasteiger partial charge in [-0.15, -0.1) is 0 Å². The van der Waals surface area contributed by atoms with Crippen LogP contribution in [-0.4, -0.2) is 63.9 Å². The number of aromatic nitrogens is 2.